The van der Waals surface area contributed by atoms with Crippen LogP contribution in [0.5, 0.6) is 0 Å². The Kier molecular flexibility index (Phi) is 3.99. The van der Waals surface area contributed by atoms with Crippen LogP contribution in [-0.4, -0.2) is 0 Å². The molecule has 1 nitrogen and oxygen atoms in total. The third-order valence-electron chi connectivity index (χ3n) is 2.05. The summed E-state index contributed by atoms with van der Waals surface area (Å²) in [6.07, 6.45) is 3.61. The van der Waals surface area contributed by atoms with Gasteiger partial charge in [-0.05, 0) is 25.0 Å². The molecule has 0 aromatic heterocycles. The van der Waals surface area contributed by atoms with Crippen molar-refractivity contribution in [2.45, 2.75) is 20.0 Å². The van der Waals surface area contributed by atoms with Crippen LogP contribution in [0.15, 0.2) is 54.8 Å². The Morgan fingerprint density at radius 1 is 1.36 bits per heavy atom. The fraction of sp³-hybridized carbons (Fsp3) is 0.231. The lowest BCUT2D eigenvalue weighted by Crippen LogP contribution is -1.94. The maximum absolute atomic E-state index is 5.55. The molecule has 0 saturated heterocycles. The Morgan fingerprint density at radius 2 is 2.00 bits per heavy atom. The molecule has 1 rings (SSSR count). The van der Waals surface area contributed by atoms with Gasteiger partial charge in [0.05, 0.1) is 6.26 Å². The fourth-order valence-corrected chi connectivity index (χ4v) is 1.06. The van der Waals surface area contributed by atoms with Gasteiger partial charge in [-0.1, -0.05) is 43.0 Å². The molecule has 0 N–H and O–H groups in total. The molecular formula is C13H16O. The fourth-order valence-electron chi connectivity index (χ4n) is 1.06. The first-order valence-corrected chi connectivity index (χ1v) is 4.73. The summed E-state index contributed by atoms with van der Waals surface area (Å²) in [6, 6.07) is 10.1. The largest absolute Gasteiger partial charge is 0.493 e. The van der Waals surface area contributed by atoms with E-state index in [2.05, 4.69) is 18.7 Å². The Labute approximate surface area is 85.7 Å². The molecule has 1 aromatic carbocycles. The Bertz CT molecular complexity index is 311. The molecule has 0 unspecified atom stereocenters. The Balaban J connectivity index is 2.59. The van der Waals surface area contributed by atoms with E-state index in [9.17, 15) is 0 Å². The maximum Gasteiger partial charge on any atom is 0.120 e. The van der Waals surface area contributed by atoms with E-state index in [1.54, 1.807) is 12.3 Å². The smallest absolute Gasteiger partial charge is 0.120 e. The van der Waals surface area contributed by atoms with Crippen molar-refractivity contribution in [2.75, 3.05) is 0 Å². The topological polar surface area (TPSA) is 9.23 Å². The van der Waals surface area contributed by atoms with Crippen LogP contribution in [0, 0.1) is 0 Å². The van der Waals surface area contributed by atoms with E-state index in [0.29, 0.717) is 0 Å². The standard InChI is InChI=1S/C13H16O/c1-4-11(2)10-14-12(3)13-8-6-5-7-9-13/h4-10,12H,1H2,2-3H3/b11-10-/t12-/m1/s1. The van der Waals surface area contributed by atoms with Crippen molar-refractivity contribution in [3.05, 3.63) is 60.4 Å². The average Bonchev–Trinajstić information content (AvgIpc) is 2.26. The zero-order valence-electron chi connectivity index (χ0n) is 8.73. The van der Waals surface area contributed by atoms with Crippen LogP contribution in [0.1, 0.15) is 25.5 Å². The molecule has 0 amide bonds. The van der Waals surface area contributed by atoms with Gasteiger partial charge in [0.15, 0.2) is 0 Å². The molecule has 0 fully saturated rings. The monoisotopic (exact) mass is 188 g/mol. The number of ether oxygens (including phenoxy) is 1. The molecule has 0 aliphatic carbocycles. The quantitative estimate of drug-likeness (QED) is 0.515. The minimum absolute atomic E-state index is 0.0890. The first-order valence-electron chi connectivity index (χ1n) is 4.73. The first kappa shape index (κ1) is 10.6. The number of benzene rings is 1. The van der Waals surface area contributed by atoms with E-state index in [0.717, 1.165) is 5.57 Å². The van der Waals surface area contributed by atoms with Crippen molar-refractivity contribution >= 4 is 0 Å². The lowest BCUT2D eigenvalue weighted by atomic mass is 10.1. The highest BCUT2D eigenvalue weighted by molar-refractivity contribution is 5.17. The predicted molar refractivity (Wildman–Crippen MR) is 59.9 cm³/mol. The first-order chi connectivity index (χ1) is 6.74. The third kappa shape index (κ3) is 3.09. The van der Waals surface area contributed by atoms with Crippen LogP contribution in [0.4, 0.5) is 0 Å². The second kappa shape index (κ2) is 5.28. The maximum atomic E-state index is 5.55. The third-order valence-corrected chi connectivity index (χ3v) is 2.05. The lowest BCUT2D eigenvalue weighted by molar-refractivity contribution is 0.162. The molecule has 0 aliphatic rings. The van der Waals surface area contributed by atoms with E-state index >= 15 is 0 Å². The normalized spacial score (nSPS) is 13.4. The van der Waals surface area contributed by atoms with E-state index in [4.69, 9.17) is 4.74 Å². The van der Waals surface area contributed by atoms with Crippen LogP contribution < -0.4 is 0 Å². The minimum atomic E-state index is 0.0890. The van der Waals surface area contributed by atoms with Gasteiger partial charge in [-0.3, -0.25) is 0 Å². The van der Waals surface area contributed by atoms with Crippen molar-refractivity contribution in [3.8, 4) is 0 Å². The summed E-state index contributed by atoms with van der Waals surface area (Å²) in [4.78, 5) is 0. The number of rotatable bonds is 4. The molecule has 1 aromatic rings. The molecule has 0 spiro atoms. The second-order valence-electron chi connectivity index (χ2n) is 3.25. The molecule has 0 radical (unpaired) electrons. The summed E-state index contributed by atoms with van der Waals surface area (Å²) >= 11 is 0. The van der Waals surface area contributed by atoms with E-state index < -0.39 is 0 Å². The molecule has 1 heteroatoms. The summed E-state index contributed by atoms with van der Waals surface area (Å²) in [7, 11) is 0. The highest BCUT2D eigenvalue weighted by atomic mass is 16.5. The molecule has 0 aliphatic heterocycles. The number of hydrogen-bond donors (Lipinski definition) is 0. The van der Waals surface area contributed by atoms with Gasteiger partial charge in [0.1, 0.15) is 6.10 Å². The van der Waals surface area contributed by atoms with E-state index in [1.807, 2.05) is 32.0 Å². The van der Waals surface area contributed by atoms with Crippen molar-refractivity contribution in [1.29, 1.82) is 0 Å². The van der Waals surface area contributed by atoms with Gasteiger partial charge in [0, 0.05) is 0 Å². The summed E-state index contributed by atoms with van der Waals surface area (Å²) in [5.74, 6) is 0. The highest BCUT2D eigenvalue weighted by Gasteiger charge is 2.02. The molecule has 0 bridgehead atoms. The second-order valence-corrected chi connectivity index (χ2v) is 3.25. The van der Waals surface area contributed by atoms with Crippen LogP contribution in [0.3, 0.4) is 0 Å². The van der Waals surface area contributed by atoms with Crippen LogP contribution in [0.25, 0.3) is 0 Å². The van der Waals surface area contributed by atoms with Gasteiger partial charge in [-0.2, -0.15) is 0 Å². The van der Waals surface area contributed by atoms with Gasteiger partial charge in [0.2, 0.25) is 0 Å². The van der Waals surface area contributed by atoms with Gasteiger partial charge < -0.3 is 4.74 Å². The van der Waals surface area contributed by atoms with E-state index in [1.165, 1.54) is 5.56 Å². The Morgan fingerprint density at radius 3 is 2.57 bits per heavy atom. The summed E-state index contributed by atoms with van der Waals surface area (Å²) in [5, 5.41) is 0. The SMILES string of the molecule is C=C/C(C)=C\O[C@H](C)c1ccccc1. The molecular weight excluding hydrogens is 172 g/mol. The molecule has 14 heavy (non-hydrogen) atoms. The summed E-state index contributed by atoms with van der Waals surface area (Å²) < 4.78 is 5.55. The molecule has 0 heterocycles. The highest BCUT2D eigenvalue weighted by Crippen LogP contribution is 2.16. The molecule has 74 valence electrons. The van der Waals surface area contributed by atoms with Crippen LogP contribution >= 0.6 is 0 Å². The van der Waals surface area contributed by atoms with Crippen LogP contribution in [-0.2, 0) is 4.74 Å². The molecule has 0 saturated carbocycles. The average molecular weight is 188 g/mol. The summed E-state index contributed by atoms with van der Waals surface area (Å²) in [5.41, 5.74) is 2.22. The van der Waals surface area contributed by atoms with Gasteiger partial charge in [-0.25, -0.2) is 0 Å². The van der Waals surface area contributed by atoms with Crippen molar-refractivity contribution < 1.29 is 4.74 Å². The Hall–Kier alpha value is -1.50. The lowest BCUT2D eigenvalue weighted by Gasteiger charge is -2.11. The van der Waals surface area contributed by atoms with Gasteiger partial charge >= 0.3 is 0 Å². The predicted octanol–water partition coefficient (Wildman–Crippen LogP) is 3.85. The van der Waals surface area contributed by atoms with Crippen molar-refractivity contribution in [3.63, 3.8) is 0 Å². The van der Waals surface area contributed by atoms with Crippen molar-refractivity contribution in [1.82, 2.24) is 0 Å². The zero-order chi connectivity index (χ0) is 10.4. The number of allylic oxidation sites excluding steroid dienone is 2. The molecule has 1 atom stereocenters. The van der Waals surface area contributed by atoms with Gasteiger partial charge in [0.25, 0.3) is 0 Å². The summed E-state index contributed by atoms with van der Waals surface area (Å²) in [6.45, 7) is 7.66. The van der Waals surface area contributed by atoms with Crippen LogP contribution in [0.2, 0.25) is 0 Å². The van der Waals surface area contributed by atoms with Gasteiger partial charge in [-0.15, -0.1) is 0 Å². The number of hydrogen-bond acceptors (Lipinski definition) is 1. The van der Waals surface area contributed by atoms with E-state index in [-0.39, 0.29) is 6.10 Å². The minimum Gasteiger partial charge on any atom is -0.493 e. The zero-order valence-corrected chi connectivity index (χ0v) is 8.73. The van der Waals surface area contributed by atoms with Crippen molar-refractivity contribution in [2.24, 2.45) is 0 Å².